The highest BCUT2D eigenvalue weighted by molar-refractivity contribution is 5.91. The topological polar surface area (TPSA) is 79.5 Å². The Morgan fingerprint density at radius 3 is 2.82 bits per heavy atom. The van der Waals surface area contributed by atoms with Crippen molar-refractivity contribution in [3.63, 3.8) is 0 Å². The van der Waals surface area contributed by atoms with Gasteiger partial charge in [-0.2, -0.15) is 0 Å². The van der Waals surface area contributed by atoms with Gasteiger partial charge in [0.25, 0.3) is 0 Å². The Morgan fingerprint density at radius 1 is 1.25 bits per heavy atom. The van der Waals surface area contributed by atoms with Crippen LogP contribution in [0.15, 0.2) is 51.7 Å². The van der Waals surface area contributed by atoms with E-state index in [0.29, 0.717) is 29.2 Å². The Hall–Kier alpha value is -3.29. The van der Waals surface area contributed by atoms with E-state index in [9.17, 15) is 14.0 Å². The molecule has 2 aromatic carbocycles. The predicted octanol–water partition coefficient (Wildman–Crippen LogP) is 2.92. The van der Waals surface area contributed by atoms with Gasteiger partial charge in [-0.1, -0.05) is 0 Å². The molecular formula is C20H21FN4O3. The van der Waals surface area contributed by atoms with Crippen LogP contribution in [-0.4, -0.2) is 30.2 Å². The van der Waals surface area contributed by atoms with Gasteiger partial charge >= 0.3 is 11.8 Å². The van der Waals surface area contributed by atoms with Gasteiger partial charge in [-0.25, -0.2) is 14.0 Å². The largest absolute Gasteiger partial charge is 0.419 e. The number of aromatic nitrogens is 1. The lowest BCUT2D eigenvalue weighted by atomic mass is 10.1. The van der Waals surface area contributed by atoms with Gasteiger partial charge in [0.05, 0.1) is 5.52 Å². The number of fused-ring (bicyclic) bond motifs is 1. The molecule has 2 heterocycles. The first-order chi connectivity index (χ1) is 13.5. The molecule has 3 aromatic rings. The zero-order valence-electron chi connectivity index (χ0n) is 15.4. The number of aryl methyl sites for hydroxylation is 1. The maximum Gasteiger partial charge on any atom is 0.419 e. The molecule has 0 aliphatic carbocycles. The van der Waals surface area contributed by atoms with Gasteiger partial charge in [0.1, 0.15) is 5.82 Å². The molecule has 1 aliphatic rings. The van der Waals surface area contributed by atoms with Crippen molar-refractivity contribution in [2.75, 3.05) is 29.9 Å². The average molecular weight is 384 g/mol. The van der Waals surface area contributed by atoms with E-state index < -0.39 is 5.76 Å². The summed E-state index contributed by atoms with van der Waals surface area (Å²) in [6, 6.07) is 11.2. The van der Waals surface area contributed by atoms with E-state index in [1.807, 2.05) is 0 Å². The number of hydrogen-bond acceptors (Lipinski definition) is 4. The minimum absolute atomic E-state index is 0.245. The smallest absolute Gasteiger partial charge is 0.408 e. The Kier molecular flexibility index (Phi) is 4.77. The number of oxazole rings is 1. The van der Waals surface area contributed by atoms with Crippen LogP contribution in [0, 0.1) is 11.7 Å². The maximum absolute atomic E-state index is 13.1. The molecule has 2 amide bonds. The van der Waals surface area contributed by atoms with Crippen molar-refractivity contribution >= 4 is 28.5 Å². The van der Waals surface area contributed by atoms with Crippen LogP contribution >= 0.6 is 0 Å². The number of urea groups is 1. The van der Waals surface area contributed by atoms with Crippen molar-refractivity contribution in [2.24, 2.45) is 13.0 Å². The second kappa shape index (κ2) is 7.38. The number of anilines is 2. The molecule has 1 unspecified atom stereocenters. The van der Waals surface area contributed by atoms with Crippen LogP contribution in [0.2, 0.25) is 0 Å². The molecule has 0 saturated carbocycles. The van der Waals surface area contributed by atoms with Gasteiger partial charge in [-0.05, 0) is 48.7 Å². The molecule has 2 N–H and O–H groups in total. The van der Waals surface area contributed by atoms with E-state index >= 15 is 0 Å². The quantitative estimate of drug-likeness (QED) is 0.725. The lowest BCUT2D eigenvalue weighted by Gasteiger charge is -2.19. The van der Waals surface area contributed by atoms with Crippen molar-refractivity contribution < 1.29 is 13.6 Å². The monoisotopic (exact) mass is 384 g/mol. The zero-order valence-corrected chi connectivity index (χ0v) is 15.4. The molecule has 1 aliphatic heterocycles. The molecule has 0 spiro atoms. The van der Waals surface area contributed by atoms with E-state index in [4.69, 9.17) is 4.42 Å². The number of halogens is 1. The lowest BCUT2D eigenvalue weighted by Crippen LogP contribution is -2.34. The van der Waals surface area contributed by atoms with E-state index in [1.54, 1.807) is 37.4 Å². The molecule has 0 radical (unpaired) electrons. The highest BCUT2D eigenvalue weighted by Crippen LogP contribution is 2.23. The van der Waals surface area contributed by atoms with E-state index in [-0.39, 0.29) is 11.8 Å². The number of nitrogens with zero attached hydrogens (tertiary/aromatic N) is 2. The van der Waals surface area contributed by atoms with Crippen molar-refractivity contribution in [3.8, 4) is 0 Å². The van der Waals surface area contributed by atoms with Crippen molar-refractivity contribution in [3.05, 3.63) is 58.8 Å². The summed E-state index contributed by atoms with van der Waals surface area (Å²) in [7, 11) is 1.63. The second-order valence-corrected chi connectivity index (χ2v) is 7.02. The molecule has 8 heteroatoms. The lowest BCUT2D eigenvalue weighted by molar-refractivity contribution is 0.250. The Morgan fingerprint density at radius 2 is 2.04 bits per heavy atom. The number of amides is 2. The average Bonchev–Trinajstić information content (AvgIpc) is 3.26. The molecule has 1 fully saturated rings. The van der Waals surface area contributed by atoms with Gasteiger partial charge in [0.15, 0.2) is 5.58 Å². The number of rotatable bonds is 4. The molecule has 0 bridgehead atoms. The van der Waals surface area contributed by atoms with E-state index in [1.165, 1.54) is 16.7 Å². The van der Waals surface area contributed by atoms with Crippen molar-refractivity contribution in [2.45, 2.75) is 6.42 Å². The summed E-state index contributed by atoms with van der Waals surface area (Å²) in [5.41, 5.74) is 2.64. The molecular weight excluding hydrogens is 363 g/mol. The summed E-state index contributed by atoms with van der Waals surface area (Å²) in [5, 5.41) is 5.64. The molecule has 1 saturated heterocycles. The summed E-state index contributed by atoms with van der Waals surface area (Å²) in [4.78, 5) is 25.9. The zero-order chi connectivity index (χ0) is 19.7. The Bertz CT molecular complexity index is 1060. The minimum atomic E-state index is -0.441. The number of carbonyl (C=O) groups excluding carboxylic acids is 1. The highest BCUT2D eigenvalue weighted by atomic mass is 19.1. The molecule has 1 aromatic heterocycles. The van der Waals surface area contributed by atoms with Gasteiger partial charge in [0.2, 0.25) is 0 Å². The summed E-state index contributed by atoms with van der Waals surface area (Å²) < 4.78 is 19.6. The van der Waals surface area contributed by atoms with Gasteiger partial charge in [0, 0.05) is 44.1 Å². The third-order valence-electron chi connectivity index (χ3n) is 5.08. The fourth-order valence-electron chi connectivity index (χ4n) is 3.51. The summed E-state index contributed by atoms with van der Waals surface area (Å²) in [5.74, 6) is -0.361. The van der Waals surface area contributed by atoms with Crippen LogP contribution in [0.5, 0.6) is 0 Å². The first-order valence-corrected chi connectivity index (χ1v) is 9.14. The minimum Gasteiger partial charge on any atom is -0.408 e. The number of benzene rings is 2. The summed E-state index contributed by atoms with van der Waals surface area (Å²) in [6.45, 7) is 2.24. The van der Waals surface area contributed by atoms with E-state index in [2.05, 4.69) is 15.5 Å². The van der Waals surface area contributed by atoms with Crippen LogP contribution in [-0.2, 0) is 7.05 Å². The number of carbonyl (C=O) groups is 1. The summed E-state index contributed by atoms with van der Waals surface area (Å²) in [6.07, 6.45) is 0.957. The van der Waals surface area contributed by atoms with Crippen LogP contribution in [0.1, 0.15) is 6.42 Å². The fraction of sp³-hybridized carbons (Fsp3) is 0.300. The van der Waals surface area contributed by atoms with Crippen molar-refractivity contribution in [1.82, 2.24) is 9.88 Å². The predicted molar refractivity (Wildman–Crippen MR) is 105 cm³/mol. The standard InChI is InChI=1S/C20H21FN4O3/c1-24-17-7-4-15(10-18(17)28-20(24)27)23-19(26)22-11-13-8-9-25(12-13)16-5-2-14(21)3-6-16/h2-7,10,13H,8-9,11-12H2,1H3,(H2,22,23,26). The first-order valence-electron chi connectivity index (χ1n) is 9.14. The fourth-order valence-corrected chi connectivity index (χ4v) is 3.51. The molecule has 28 heavy (non-hydrogen) atoms. The van der Waals surface area contributed by atoms with Gasteiger partial charge in [-0.15, -0.1) is 0 Å². The third kappa shape index (κ3) is 3.71. The maximum atomic E-state index is 13.1. The van der Waals surface area contributed by atoms with Crippen molar-refractivity contribution in [1.29, 1.82) is 0 Å². The van der Waals surface area contributed by atoms with Crippen LogP contribution < -0.4 is 21.3 Å². The van der Waals surface area contributed by atoms with E-state index in [0.717, 1.165) is 25.2 Å². The second-order valence-electron chi connectivity index (χ2n) is 7.02. The summed E-state index contributed by atoms with van der Waals surface area (Å²) >= 11 is 0. The van der Waals surface area contributed by atoms with Crippen LogP contribution in [0.3, 0.4) is 0 Å². The normalized spacial score (nSPS) is 16.5. The Balaban J connectivity index is 1.30. The highest BCUT2D eigenvalue weighted by Gasteiger charge is 2.23. The molecule has 7 nitrogen and oxygen atoms in total. The molecule has 4 rings (SSSR count). The SMILES string of the molecule is Cn1c(=O)oc2cc(NC(=O)NCC3CCN(c4ccc(F)cc4)C3)ccc21. The van der Waals surface area contributed by atoms with Crippen LogP contribution in [0.4, 0.5) is 20.6 Å². The Labute approximate surface area is 160 Å². The van der Waals surface area contributed by atoms with Crippen LogP contribution in [0.25, 0.3) is 11.1 Å². The van der Waals surface area contributed by atoms with Gasteiger partial charge < -0.3 is 20.0 Å². The number of nitrogens with one attached hydrogen (secondary N) is 2. The molecule has 1 atom stereocenters. The van der Waals surface area contributed by atoms with Gasteiger partial charge in [-0.3, -0.25) is 4.57 Å². The number of hydrogen-bond donors (Lipinski definition) is 2. The third-order valence-corrected chi connectivity index (χ3v) is 5.08. The first kappa shape index (κ1) is 18.1. The molecule has 146 valence electrons.